The van der Waals surface area contributed by atoms with Crippen LogP contribution in [0.2, 0.25) is 0 Å². The van der Waals surface area contributed by atoms with Crippen LogP contribution < -0.4 is 15.4 Å². The lowest BCUT2D eigenvalue weighted by atomic mass is 10.0. The highest BCUT2D eigenvalue weighted by Crippen LogP contribution is 2.18. The van der Waals surface area contributed by atoms with E-state index in [0.717, 1.165) is 11.3 Å². The molecule has 0 aliphatic carbocycles. The van der Waals surface area contributed by atoms with E-state index < -0.39 is 0 Å². The topological polar surface area (TPSA) is 75.6 Å². The number of aliphatic imine (C=N–C) groups is 1. The predicted molar refractivity (Wildman–Crippen MR) is 120 cm³/mol. The first-order chi connectivity index (χ1) is 14.5. The lowest BCUT2D eigenvalue weighted by Gasteiger charge is -2.14. The molecular formula is C24H26N4O2. The summed E-state index contributed by atoms with van der Waals surface area (Å²) in [6.07, 6.45) is 3.44. The summed E-state index contributed by atoms with van der Waals surface area (Å²) in [5, 5.41) is 6.13. The van der Waals surface area contributed by atoms with Crippen LogP contribution in [0.15, 0.2) is 78.0 Å². The van der Waals surface area contributed by atoms with E-state index >= 15 is 0 Å². The molecule has 1 aromatic heterocycles. The number of benzene rings is 2. The number of methoxy groups -OCH3 is 1. The van der Waals surface area contributed by atoms with Gasteiger partial charge in [0, 0.05) is 23.6 Å². The number of pyridine rings is 1. The lowest BCUT2D eigenvalue weighted by molar-refractivity contribution is 0.0977. The van der Waals surface area contributed by atoms with Crippen LogP contribution in [0, 0.1) is 0 Å². The summed E-state index contributed by atoms with van der Waals surface area (Å²) >= 11 is 0. The molecule has 2 N–H and O–H groups in total. The third kappa shape index (κ3) is 5.91. The van der Waals surface area contributed by atoms with Gasteiger partial charge in [-0.2, -0.15) is 0 Å². The van der Waals surface area contributed by atoms with Crippen LogP contribution >= 0.6 is 0 Å². The number of nitrogens with zero attached hydrogens (tertiary/aromatic N) is 2. The van der Waals surface area contributed by atoms with Crippen molar-refractivity contribution in [2.24, 2.45) is 4.99 Å². The SMILES string of the molecule is COc1ccc(C(=O)NC(=NCc2ccncc2)Nc2cccc(C(C)C)c2)cc1. The molecule has 0 saturated carbocycles. The van der Waals surface area contributed by atoms with Gasteiger partial charge in [0.25, 0.3) is 5.91 Å². The van der Waals surface area contributed by atoms with Crippen LogP contribution in [0.5, 0.6) is 5.75 Å². The number of carbonyl (C=O) groups excluding carboxylic acids is 1. The first-order valence-electron chi connectivity index (χ1n) is 9.81. The Balaban J connectivity index is 1.81. The van der Waals surface area contributed by atoms with Gasteiger partial charge in [0.1, 0.15) is 5.75 Å². The number of amides is 1. The average Bonchev–Trinajstić information content (AvgIpc) is 2.78. The third-order valence-corrected chi connectivity index (χ3v) is 4.57. The molecule has 30 heavy (non-hydrogen) atoms. The fourth-order valence-electron chi connectivity index (χ4n) is 2.80. The minimum atomic E-state index is -0.251. The quantitative estimate of drug-likeness (QED) is 0.466. The van der Waals surface area contributed by atoms with Gasteiger partial charge in [-0.1, -0.05) is 26.0 Å². The maximum Gasteiger partial charge on any atom is 0.257 e. The number of hydrogen-bond donors (Lipinski definition) is 2. The standard InChI is InChI=1S/C24H26N4O2/c1-17(2)20-5-4-6-21(15-20)27-24(26-16-18-11-13-25-14-12-18)28-23(29)19-7-9-22(30-3)10-8-19/h4-15,17H,16H2,1-3H3,(H2,26,27,28,29). The molecule has 154 valence electrons. The summed E-state index contributed by atoms with van der Waals surface area (Å²) < 4.78 is 5.15. The van der Waals surface area contributed by atoms with Gasteiger partial charge in [0.2, 0.25) is 5.96 Å². The Hall–Kier alpha value is -3.67. The van der Waals surface area contributed by atoms with Gasteiger partial charge in [-0.3, -0.25) is 15.1 Å². The van der Waals surface area contributed by atoms with Gasteiger partial charge in [-0.25, -0.2) is 4.99 Å². The second kappa shape index (κ2) is 10.2. The largest absolute Gasteiger partial charge is 0.497 e. The van der Waals surface area contributed by atoms with E-state index in [1.165, 1.54) is 5.56 Å². The van der Waals surface area contributed by atoms with Crippen molar-refractivity contribution in [1.82, 2.24) is 10.3 Å². The number of hydrogen-bond acceptors (Lipinski definition) is 4. The molecule has 1 heterocycles. The Kier molecular flexibility index (Phi) is 7.16. The Labute approximate surface area is 177 Å². The predicted octanol–water partition coefficient (Wildman–Crippen LogP) is 4.61. The molecule has 3 aromatic rings. The number of carbonyl (C=O) groups is 1. The van der Waals surface area contributed by atoms with Gasteiger partial charge in [-0.05, 0) is 65.6 Å². The van der Waals surface area contributed by atoms with E-state index in [0.29, 0.717) is 29.7 Å². The highest BCUT2D eigenvalue weighted by atomic mass is 16.5. The van der Waals surface area contributed by atoms with Crippen molar-refractivity contribution >= 4 is 17.6 Å². The Morgan fingerprint density at radius 3 is 2.47 bits per heavy atom. The first kappa shape index (κ1) is 21.0. The summed E-state index contributed by atoms with van der Waals surface area (Å²) in [4.78, 5) is 21.4. The normalized spacial score (nSPS) is 11.3. The summed E-state index contributed by atoms with van der Waals surface area (Å²) in [5.74, 6) is 1.23. The highest BCUT2D eigenvalue weighted by molar-refractivity contribution is 6.10. The second-order valence-corrected chi connectivity index (χ2v) is 7.11. The van der Waals surface area contributed by atoms with Gasteiger partial charge in [0.05, 0.1) is 13.7 Å². The Morgan fingerprint density at radius 2 is 1.80 bits per heavy atom. The summed E-state index contributed by atoms with van der Waals surface area (Å²) in [5.41, 5.74) is 3.59. The average molecular weight is 402 g/mol. The number of guanidine groups is 1. The zero-order chi connectivity index (χ0) is 21.3. The summed E-state index contributed by atoms with van der Waals surface area (Å²) in [6, 6.07) is 18.8. The van der Waals surface area contributed by atoms with Crippen molar-refractivity contribution in [2.75, 3.05) is 12.4 Å². The molecule has 3 rings (SSSR count). The molecule has 6 heteroatoms. The van der Waals surface area contributed by atoms with Gasteiger partial charge < -0.3 is 10.1 Å². The molecule has 0 bridgehead atoms. The van der Waals surface area contributed by atoms with E-state index in [2.05, 4.69) is 46.6 Å². The molecule has 0 atom stereocenters. The van der Waals surface area contributed by atoms with Gasteiger partial charge >= 0.3 is 0 Å². The molecule has 1 amide bonds. The zero-order valence-corrected chi connectivity index (χ0v) is 17.4. The van der Waals surface area contributed by atoms with Crippen LogP contribution in [-0.4, -0.2) is 24.0 Å². The molecule has 0 spiro atoms. The number of nitrogens with one attached hydrogen (secondary N) is 2. The maximum atomic E-state index is 12.7. The minimum Gasteiger partial charge on any atom is -0.497 e. The van der Waals surface area contributed by atoms with Crippen molar-refractivity contribution in [3.8, 4) is 5.75 Å². The van der Waals surface area contributed by atoms with Crippen molar-refractivity contribution in [1.29, 1.82) is 0 Å². The molecule has 0 aliphatic heterocycles. The number of rotatable bonds is 6. The van der Waals surface area contributed by atoms with Crippen LogP contribution in [0.25, 0.3) is 0 Å². The molecule has 0 saturated heterocycles. The monoisotopic (exact) mass is 402 g/mol. The minimum absolute atomic E-state index is 0.251. The molecular weight excluding hydrogens is 376 g/mol. The van der Waals surface area contributed by atoms with E-state index in [4.69, 9.17) is 4.74 Å². The smallest absolute Gasteiger partial charge is 0.257 e. The van der Waals surface area contributed by atoms with E-state index in [9.17, 15) is 4.79 Å². The summed E-state index contributed by atoms with van der Waals surface area (Å²) in [7, 11) is 1.59. The fourth-order valence-corrected chi connectivity index (χ4v) is 2.80. The fraction of sp³-hybridized carbons (Fsp3) is 0.208. The second-order valence-electron chi connectivity index (χ2n) is 7.11. The maximum absolute atomic E-state index is 12.7. The lowest BCUT2D eigenvalue weighted by Crippen LogP contribution is -2.36. The van der Waals surface area contributed by atoms with Crippen molar-refractivity contribution in [3.63, 3.8) is 0 Å². The van der Waals surface area contributed by atoms with Crippen LogP contribution in [-0.2, 0) is 6.54 Å². The first-order valence-corrected chi connectivity index (χ1v) is 9.81. The highest BCUT2D eigenvalue weighted by Gasteiger charge is 2.10. The van der Waals surface area contributed by atoms with Crippen LogP contribution in [0.3, 0.4) is 0 Å². The Morgan fingerprint density at radius 1 is 1.07 bits per heavy atom. The molecule has 0 unspecified atom stereocenters. The van der Waals surface area contributed by atoms with Gasteiger partial charge in [-0.15, -0.1) is 0 Å². The van der Waals surface area contributed by atoms with Gasteiger partial charge in [0.15, 0.2) is 0 Å². The molecule has 6 nitrogen and oxygen atoms in total. The molecule has 2 aromatic carbocycles. The Bertz CT molecular complexity index is 999. The van der Waals surface area contributed by atoms with E-state index in [-0.39, 0.29) is 5.91 Å². The van der Waals surface area contributed by atoms with Crippen LogP contribution in [0.4, 0.5) is 5.69 Å². The number of anilines is 1. The van der Waals surface area contributed by atoms with Crippen molar-refractivity contribution < 1.29 is 9.53 Å². The number of ether oxygens (including phenoxy) is 1. The third-order valence-electron chi connectivity index (χ3n) is 4.57. The molecule has 0 aliphatic rings. The van der Waals surface area contributed by atoms with E-state index in [1.807, 2.05) is 24.3 Å². The van der Waals surface area contributed by atoms with Crippen molar-refractivity contribution in [3.05, 3.63) is 89.7 Å². The number of aromatic nitrogens is 1. The zero-order valence-electron chi connectivity index (χ0n) is 17.4. The van der Waals surface area contributed by atoms with E-state index in [1.54, 1.807) is 43.8 Å². The molecule has 0 radical (unpaired) electrons. The van der Waals surface area contributed by atoms with Crippen LogP contribution in [0.1, 0.15) is 41.3 Å². The summed E-state index contributed by atoms with van der Waals surface area (Å²) in [6.45, 7) is 4.70. The van der Waals surface area contributed by atoms with Crippen molar-refractivity contribution in [2.45, 2.75) is 26.3 Å². The molecule has 0 fully saturated rings.